The lowest BCUT2D eigenvalue weighted by Crippen LogP contribution is -2.27. The van der Waals surface area contributed by atoms with E-state index in [-0.39, 0.29) is 24.6 Å². The van der Waals surface area contributed by atoms with Crippen LogP contribution in [0.2, 0.25) is 0 Å². The monoisotopic (exact) mass is 346 g/mol. The predicted octanol–water partition coefficient (Wildman–Crippen LogP) is 0.677. The van der Waals surface area contributed by atoms with E-state index in [1.807, 2.05) is 0 Å². The molecule has 3 rings (SSSR count). The molecule has 0 atom stereocenters. The molecular weight excluding hydrogens is 332 g/mol. The normalized spacial score (nSPS) is 10.8. The number of carbonyl (C=O) groups is 2. The van der Waals surface area contributed by atoms with Crippen molar-refractivity contribution in [3.8, 4) is 0 Å². The van der Waals surface area contributed by atoms with Crippen LogP contribution in [-0.2, 0) is 11.3 Å². The summed E-state index contributed by atoms with van der Waals surface area (Å²) in [5.74, 6) is -1.32. The fraction of sp³-hybridized carbons (Fsp3) is 0.214. The van der Waals surface area contributed by atoms with Gasteiger partial charge in [0.15, 0.2) is 11.4 Å². The number of amides is 1. The second-order valence-corrected chi connectivity index (χ2v) is 4.93. The fourth-order valence-corrected chi connectivity index (χ4v) is 2.17. The van der Waals surface area contributed by atoms with Crippen LogP contribution < -0.4 is 16.8 Å². The number of fused-ring (bicyclic) bond motifs is 1. The summed E-state index contributed by atoms with van der Waals surface area (Å²) in [6.45, 7) is 1.54. The molecular formula is C14H14N6O5. The summed E-state index contributed by atoms with van der Waals surface area (Å²) >= 11 is 0. The number of benzene rings is 1. The molecule has 2 heterocycles. The first-order valence-electron chi connectivity index (χ1n) is 7.26. The highest BCUT2D eigenvalue weighted by atomic mass is 16.5. The molecule has 25 heavy (non-hydrogen) atoms. The summed E-state index contributed by atoms with van der Waals surface area (Å²) < 4.78 is 10.6. The number of nitrogen functional groups attached to an aromatic ring is 1. The van der Waals surface area contributed by atoms with Gasteiger partial charge in [0.2, 0.25) is 0 Å². The maximum absolute atomic E-state index is 12.4. The summed E-state index contributed by atoms with van der Waals surface area (Å²) in [5.41, 5.74) is 6.53. The molecule has 0 unspecified atom stereocenters. The Kier molecular flexibility index (Phi) is 4.20. The molecule has 11 nitrogen and oxygen atoms in total. The van der Waals surface area contributed by atoms with Crippen molar-refractivity contribution < 1.29 is 18.7 Å². The Morgan fingerprint density at radius 2 is 2.20 bits per heavy atom. The number of hydrogen-bond donors (Lipinski definition) is 2. The second-order valence-electron chi connectivity index (χ2n) is 4.93. The Hall–Kier alpha value is -3.63. The number of nitrogens with one attached hydrogen (secondary N) is 1. The van der Waals surface area contributed by atoms with Gasteiger partial charge in [-0.15, -0.1) is 5.10 Å². The molecule has 3 N–H and O–H groups in total. The van der Waals surface area contributed by atoms with Crippen LogP contribution in [0.3, 0.4) is 0 Å². The predicted molar refractivity (Wildman–Crippen MR) is 86.2 cm³/mol. The average molecular weight is 346 g/mol. The van der Waals surface area contributed by atoms with Gasteiger partial charge in [0, 0.05) is 11.8 Å². The summed E-state index contributed by atoms with van der Waals surface area (Å²) in [6.07, 6.45) is 0.566. The van der Waals surface area contributed by atoms with Crippen molar-refractivity contribution in [2.45, 2.75) is 13.5 Å². The van der Waals surface area contributed by atoms with Crippen molar-refractivity contribution in [3.05, 3.63) is 34.9 Å². The van der Waals surface area contributed by atoms with Gasteiger partial charge in [-0.05, 0) is 19.1 Å². The molecule has 0 saturated carbocycles. The maximum atomic E-state index is 12.4. The van der Waals surface area contributed by atoms with Crippen LogP contribution in [0.5, 0.6) is 0 Å². The number of carbonyl (C=O) groups excluding carboxylic acids is 2. The van der Waals surface area contributed by atoms with Crippen LogP contribution in [-0.4, -0.2) is 38.2 Å². The third-order valence-electron chi connectivity index (χ3n) is 3.17. The van der Waals surface area contributed by atoms with Crippen molar-refractivity contribution in [1.29, 1.82) is 0 Å². The fourth-order valence-electron chi connectivity index (χ4n) is 2.17. The van der Waals surface area contributed by atoms with Crippen LogP contribution in [0.1, 0.15) is 11.7 Å². The first kappa shape index (κ1) is 16.2. The highest BCUT2D eigenvalue weighted by molar-refractivity contribution is 5.90. The Balaban J connectivity index is 1.79. The lowest BCUT2D eigenvalue weighted by Gasteiger charge is -2.02. The van der Waals surface area contributed by atoms with Gasteiger partial charge >= 0.3 is 11.8 Å². The van der Waals surface area contributed by atoms with E-state index in [4.69, 9.17) is 14.9 Å². The molecule has 0 aliphatic rings. The number of anilines is 2. The summed E-state index contributed by atoms with van der Waals surface area (Å²) in [5, 5.41) is 10.1. The molecule has 0 fully saturated rings. The Morgan fingerprint density at radius 3 is 2.96 bits per heavy atom. The number of rotatable bonds is 4. The van der Waals surface area contributed by atoms with Crippen LogP contribution in [0, 0.1) is 0 Å². The van der Waals surface area contributed by atoms with Crippen LogP contribution in [0.4, 0.5) is 16.3 Å². The Bertz CT molecular complexity index is 1000. The van der Waals surface area contributed by atoms with E-state index in [2.05, 4.69) is 15.5 Å². The molecule has 11 heteroatoms. The van der Waals surface area contributed by atoms with Crippen molar-refractivity contribution >= 4 is 34.6 Å². The van der Waals surface area contributed by atoms with Gasteiger partial charge in [-0.3, -0.25) is 10.1 Å². The summed E-state index contributed by atoms with van der Waals surface area (Å²) in [4.78, 5) is 36.6. The molecule has 0 aliphatic heterocycles. The van der Waals surface area contributed by atoms with Gasteiger partial charge in [0.1, 0.15) is 6.54 Å². The molecule has 0 saturated heterocycles. The second kappa shape index (κ2) is 6.47. The molecule has 0 aliphatic carbocycles. The molecule has 130 valence electrons. The van der Waals surface area contributed by atoms with E-state index in [0.29, 0.717) is 11.2 Å². The van der Waals surface area contributed by atoms with Crippen molar-refractivity contribution in [1.82, 2.24) is 19.6 Å². The molecule has 1 amide bonds. The Labute approximate surface area is 140 Å². The lowest BCUT2D eigenvalue weighted by molar-refractivity contribution is 0.0877. The third kappa shape index (κ3) is 3.34. The third-order valence-corrected chi connectivity index (χ3v) is 3.17. The van der Waals surface area contributed by atoms with Gasteiger partial charge in [-0.1, -0.05) is 0 Å². The quantitative estimate of drug-likeness (QED) is 0.655. The van der Waals surface area contributed by atoms with E-state index in [0.717, 1.165) is 9.36 Å². The molecule has 2 aromatic heterocycles. The maximum Gasteiger partial charge on any atom is 0.426 e. The number of oxazole rings is 1. The number of aromatic nitrogens is 4. The highest BCUT2D eigenvalue weighted by Crippen LogP contribution is 2.16. The standard InChI is InChI=1S/C14H14N6O5/c1-2-24-13(22)17-11-6-16-19(18-11)7-12(21)20-9-4-3-8(15)5-10(9)25-14(20)23/h3-6H,2,7,15H2,1H3,(H,17,18,22). The first-order chi connectivity index (χ1) is 12.0. The topological polar surface area (TPSA) is 147 Å². The highest BCUT2D eigenvalue weighted by Gasteiger charge is 2.18. The minimum absolute atomic E-state index is 0.114. The van der Waals surface area contributed by atoms with Gasteiger partial charge in [-0.25, -0.2) is 14.2 Å². The molecule has 0 bridgehead atoms. The zero-order valence-electron chi connectivity index (χ0n) is 13.1. The zero-order chi connectivity index (χ0) is 18.0. The van der Waals surface area contributed by atoms with E-state index in [9.17, 15) is 14.4 Å². The summed E-state index contributed by atoms with van der Waals surface area (Å²) in [7, 11) is 0. The van der Waals surface area contributed by atoms with Crippen molar-refractivity contribution in [3.63, 3.8) is 0 Å². The molecule has 0 spiro atoms. The minimum Gasteiger partial charge on any atom is -0.450 e. The zero-order valence-corrected chi connectivity index (χ0v) is 13.1. The number of nitrogens with two attached hydrogens (primary N) is 1. The smallest absolute Gasteiger partial charge is 0.426 e. The Morgan fingerprint density at radius 1 is 1.40 bits per heavy atom. The molecule has 3 aromatic rings. The number of hydrogen-bond acceptors (Lipinski definition) is 8. The van der Waals surface area contributed by atoms with Crippen molar-refractivity contribution in [2.75, 3.05) is 17.7 Å². The van der Waals surface area contributed by atoms with Crippen LogP contribution in [0.15, 0.2) is 33.6 Å². The largest absolute Gasteiger partial charge is 0.450 e. The SMILES string of the molecule is CCOC(=O)Nc1cnn(CC(=O)n2c(=O)oc3cc(N)ccc32)n1. The molecule has 1 aromatic carbocycles. The van der Waals surface area contributed by atoms with Gasteiger partial charge in [0.25, 0.3) is 5.91 Å². The van der Waals surface area contributed by atoms with Crippen LogP contribution in [0.25, 0.3) is 11.1 Å². The average Bonchev–Trinajstić information content (AvgIpc) is 3.10. The van der Waals surface area contributed by atoms with Gasteiger partial charge in [0.05, 0.1) is 18.3 Å². The van der Waals surface area contributed by atoms with Gasteiger partial charge in [-0.2, -0.15) is 9.90 Å². The molecule has 0 radical (unpaired) electrons. The first-order valence-corrected chi connectivity index (χ1v) is 7.26. The lowest BCUT2D eigenvalue weighted by atomic mass is 10.3. The number of ether oxygens (including phenoxy) is 1. The summed E-state index contributed by atoms with van der Waals surface area (Å²) in [6, 6.07) is 4.51. The van der Waals surface area contributed by atoms with Gasteiger partial charge < -0.3 is 14.9 Å². The van der Waals surface area contributed by atoms with E-state index >= 15 is 0 Å². The van der Waals surface area contributed by atoms with E-state index in [1.165, 1.54) is 18.3 Å². The van der Waals surface area contributed by atoms with Crippen LogP contribution >= 0.6 is 0 Å². The van der Waals surface area contributed by atoms with E-state index in [1.54, 1.807) is 13.0 Å². The van der Waals surface area contributed by atoms with E-state index < -0.39 is 17.8 Å². The minimum atomic E-state index is -0.831. The van der Waals surface area contributed by atoms with Crippen molar-refractivity contribution in [2.24, 2.45) is 0 Å². The number of nitrogens with zero attached hydrogens (tertiary/aromatic N) is 4.